The molecule has 0 aromatic carbocycles. The molecular weight excluding hydrogens is 188 g/mol. The van der Waals surface area contributed by atoms with Gasteiger partial charge in [0.25, 0.3) is 0 Å². The fraction of sp³-hybridized carbons (Fsp3) is 0.333. The Hall–Kier alpha value is -0.930. The fourth-order valence-electron chi connectivity index (χ4n) is 0.999. The number of pyridine rings is 1. The molecule has 13 heavy (non-hydrogen) atoms. The summed E-state index contributed by atoms with van der Waals surface area (Å²) in [4.78, 5) is 15.4. The second kappa shape index (κ2) is 4.35. The van der Waals surface area contributed by atoms with Gasteiger partial charge in [0, 0.05) is 12.1 Å². The zero-order valence-corrected chi connectivity index (χ0v) is 8.14. The molecule has 3 nitrogen and oxygen atoms in total. The number of Topliss-reactive ketones (excluding diaryl/α,β-unsaturated/α-hetero) is 1. The van der Waals surface area contributed by atoms with Crippen LogP contribution in [0, 0.1) is 6.92 Å². The van der Waals surface area contributed by atoms with E-state index in [0.29, 0.717) is 18.5 Å². The summed E-state index contributed by atoms with van der Waals surface area (Å²) in [5, 5.41) is 0.262. The van der Waals surface area contributed by atoms with Crippen molar-refractivity contribution in [3.05, 3.63) is 28.5 Å². The SMILES string of the molecule is Cc1ccc(C(=O)CCN)c(Cl)n1. The van der Waals surface area contributed by atoms with Crippen LogP contribution >= 0.6 is 11.6 Å². The number of hydrogen-bond acceptors (Lipinski definition) is 3. The number of nitrogens with zero attached hydrogens (tertiary/aromatic N) is 1. The molecule has 0 unspecified atom stereocenters. The summed E-state index contributed by atoms with van der Waals surface area (Å²) in [7, 11) is 0. The van der Waals surface area contributed by atoms with Crippen LogP contribution in [-0.2, 0) is 0 Å². The van der Waals surface area contributed by atoms with Crippen LogP contribution < -0.4 is 5.73 Å². The highest BCUT2D eigenvalue weighted by molar-refractivity contribution is 6.32. The van der Waals surface area contributed by atoms with Crippen molar-refractivity contribution in [1.29, 1.82) is 0 Å². The Morgan fingerprint density at radius 1 is 1.62 bits per heavy atom. The van der Waals surface area contributed by atoms with Gasteiger partial charge >= 0.3 is 0 Å². The van der Waals surface area contributed by atoms with E-state index in [1.54, 1.807) is 12.1 Å². The minimum atomic E-state index is -0.0556. The molecule has 1 aromatic heterocycles. The Balaban J connectivity index is 2.95. The zero-order valence-electron chi connectivity index (χ0n) is 7.38. The Morgan fingerprint density at radius 3 is 2.85 bits per heavy atom. The number of aromatic nitrogens is 1. The maximum atomic E-state index is 11.4. The maximum Gasteiger partial charge on any atom is 0.167 e. The van der Waals surface area contributed by atoms with Crippen LogP contribution in [0.1, 0.15) is 22.5 Å². The van der Waals surface area contributed by atoms with Crippen LogP contribution in [-0.4, -0.2) is 17.3 Å². The van der Waals surface area contributed by atoms with E-state index in [1.165, 1.54) is 0 Å². The molecule has 0 saturated heterocycles. The molecule has 0 bridgehead atoms. The van der Waals surface area contributed by atoms with E-state index in [4.69, 9.17) is 17.3 Å². The molecule has 1 rings (SSSR count). The van der Waals surface area contributed by atoms with Gasteiger partial charge in [-0.2, -0.15) is 0 Å². The van der Waals surface area contributed by atoms with Crippen LogP contribution in [0.3, 0.4) is 0 Å². The van der Waals surface area contributed by atoms with Crippen molar-refractivity contribution in [2.24, 2.45) is 5.73 Å². The molecule has 0 aliphatic rings. The predicted molar refractivity (Wildman–Crippen MR) is 52.0 cm³/mol. The van der Waals surface area contributed by atoms with Crippen molar-refractivity contribution in [1.82, 2.24) is 4.98 Å². The monoisotopic (exact) mass is 198 g/mol. The van der Waals surface area contributed by atoms with E-state index in [2.05, 4.69) is 4.98 Å². The molecule has 0 aliphatic carbocycles. The highest BCUT2D eigenvalue weighted by Gasteiger charge is 2.09. The Labute approximate surface area is 81.9 Å². The summed E-state index contributed by atoms with van der Waals surface area (Å²) < 4.78 is 0. The standard InChI is InChI=1S/C9H11ClN2O/c1-6-2-3-7(9(10)12-6)8(13)4-5-11/h2-3H,4-5,11H2,1H3. The van der Waals surface area contributed by atoms with E-state index >= 15 is 0 Å². The van der Waals surface area contributed by atoms with E-state index in [1.807, 2.05) is 6.92 Å². The summed E-state index contributed by atoms with van der Waals surface area (Å²) in [6.45, 7) is 2.16. The fourth-order valence-corrected chi connectivity index (χ4v) is 1.30. The summed E-state index contributed by atoms with van der Waals surface area (Å²) in [6.07, 6.45) is 0.310. The van der Waals surface area contributed by atoms with Gasteiger partial charge in [-0.1, -0.05) is 11.6 Å². The van der Waals surface area contributed by atoms with E-state index < -0.39 is 0 Å². The van der Waals surface area contributed by atoms with Crippen LogP contribution in [0.4, 0.5) is 0 Å². The number of rotatable bonds is 3. The number of aryl methyl sites for hydroxylation is 1. The largest absolute Gasteiger partial charge is 0.330 e. The third-order valence-electron chi connectivity index (χ3n) is 1.66. The molecule has 1 heterocycles. The van der Waals surface area contributed by atoms with Gasteiger partial charge < -0.3 is 5.73 Å². The lowest BCUT2D eigenvalue weighted by Gasteiger charge is -2.01. The topological polar surface area (TPSA) is 56.0 Å². The average molecular weight is 199 g/mol. The molecule has 0 atom stereocenters. The molecule has 0 amide bonds. The summed E-state index contributed by atoms with van der Waals surface area (Å²) in [6, 6.07) is 3.44. The van der Waals surface area contributed by atoms with Gasteiger partial charge in [0.1, 0.15) is 5.15 Å². The number of ketones is 1. The molecule has 2 N–H and O–H groups in total. The van der Waals surface area contributed by atoms with Crippen LogP contribution in [0.2, 0.25) is 5.15 Å². The third kappa shape index (κ3) is 2.50. The Kier molecular flexibility index (Phi) is 3.39. The van der Waals surface area contributed by atoms with Gasteiger partial charge in [-0.05, 0) is 25.6 Å². The van der Waals surface area contributed by atoms with Crippen molar-refractivity contribution in [2.45, 2.75) is 13.3 Å². The third-order valence-corrected chi connectivity index (χ3v) is 1.95. The van der Waals surface area contributed by atoms with Gasteiger partial charge in [-0.15, -0.1) is 0 Å². The molecular formula is C9H11ClN2O. The molecule has 1 aromatic rings. The first kappa shape index (κ1) is 10.2. The van der Waals surface area contributed by atoms with Crippen LogP contribution in [0.25, 0.3) is 0 Å². The van der Waals surface area contributed by atoms with E-state index in [-0.39, 0.29) is 10.9 Å². The van der Waals surface area contributed by atoms with Gasteiger partial charge in [-0.3, -0.25) is 4.79 Å². The molecule has 0 radical (unpaired) electrons. The van der Waals surface area contributed by atoms with E-state index in [9.17, 15) is 4.79 Å². The van der Waals surface area contributed by atoms with Crippen molar-refractivity contribution in [3.63, 3.8) is 0 Å². The Bertz CT molecular complexity index is 325. The molecule has 4 heteroatoms. The minimum Gasteiger partial charge on any atom is -0.330 e. The molecule has 0 saturated carbocycles. The first-order chi connectivity index (χ1) is 6.15. The predicted octanol–water partition coefficient (Wildman–Crippen LogP) is 1.57. The lowest BCUT2D eigenvalue weighted by molar-refractivity contribution is 0.0985. The number of nitrogens with two attached hydrogens (primary N) is 1. The van der Waals surface area contributed by atoms with E-state index in [0.717, 1.165) is 5.69 Å². The first-order valence-corrected chi connectivity index (χ1v) is 4.39. The highest BCUT2D eigenvalue weighted by Crippen LogP contribution is 2.14. The molecule has 0 aliphatic heterocycles. The van der Waals surface area contributed by atoms with Gasteiger partial charge in [0.15, 0.2) is 5.78 Å². The lowest BCUT2D eigenvalue weighted by atomic mass is 10.1. The quantitative estimate of drug-likeness (QED) is 0.593. The smallest absolute Gasteiger partial charge is 0.167 e. The summed E-state index contributed by atoms with van der Waals surface area (Å²) >= 11 is 5.79. The van der Waals surface area contributed by atoms with Crippen molar-refractivity contribution in [3.8, 4) is 0 Å². The minimum absolute atomic E-state index is 0.0556. The second-order valence-electron chi connectivity index (χ2n) is 2.75. The van der Waals surface area contributed by atoms with Gasteiger partial charge in [0.2, 0.25) is 0 Å². The van der Waals surface area contributed by atoms with Gasteiger partial charge in [0.05, 0.1) is 5.56 Å². The van der Waals surface area contributed by atoms with Gasteiger partial charge in [-0.25, -0.2) is 4.98 Å². The lowest BCUT2D eigenvalue weighted by Crippen LogP contribution is -2.09. The van der Waals surface area contributed by atoms with Crippen LogP contribution in [0.5, 0.6) is 0 Å². The normalized spacial score (nSPS) is 10.1. The number of hydrogen-bond donors (Lipinski definition) is 1. The van der Waals surface area contributed by atoms with Crippen molar-refractivity contribution in [2.75, 3.05) is 6.54 Å². The van der Waals surface area contributed by atoms with Crippen molar-refractivity contribution < 1.29 is 4.79 Å². The molecule has 70 valence electrons. The number of carbonyl (C=O) groups excluding carboxylic acids is 1. The summed E-state index contributed by atoms with van der Waals surface area (Å²) in [5.41, 5.74) is 6.52. The number of carbonyl (C=O) groups is 1. The second-order valence-corrected chi connectivity index (χ2v) is 3.11. The van der Waals surface area contributed by atoms with Crippen LogP contribution in [0.15, 0.2) is 12.1 Å². The average Bonchev–Trinajstić information content (AvgIpc) is 2.04. The Morgan fingerprint density at radius 2 is 2.31 bits per heavy atom. The number of halogens is 1. The highest BCUT2D eigenvalue weighted by atomic mass is 35.5. The summed E-state index contributed by atoms with van der Waals surface area (Å²) in [5.74, 6) is -0.0556. The van der Waals surface area contributed by atoms with Crippen molar-refractivity contribution >= 4 is 17.4 Å². The zero-order chi connectivity index (χ0) is 9.84. The molecule has 0 fully saturated rings. The molecule has 0 spiro atoms. The first-order valence-electron chi connectivity index (χ1n) is 4.01. The maximum absolute atomic E-state index is 11.4.